The summed E-state index contributed by atoms with van der Waals surface area (Å²) in [5.74, 6) is -0.184. The van der Waals surface area contributed by atoms with Gasteiger partial charge in [0.1, 0.15) is 12.1 Å². The molecule has 1 aromatic heterocycles. The Balaban J connectivity index is 1.64. The van der Waals surface area contributed by atoms with Crippen LogP contribution >= 0.6 is 0 Å². The molecule has 1 aromatic carbocycles. The lowest BCUT2D eigenvalue weighted by molar-refractivity contribution is -0.122. The number of carbonyl (C=O) groups excluding carboxylic acids is 1. The van der Waals surface area contributed by atoms with Crippen LogP contribution in [0.15, 0.2) is 29.1 Å². The number of nitrogens with zero attached hydrogens (tertiary/aromatic N) is 3. The van der Waals surface area contributed by atoms with Gasteiger partial charge >= 0.3 is 0 Å². The number of aromatic nitrogens is 3. The van der Waals surface area contributed by atoms with Crippen molar-refractivity contribution in [1.29, 1.82) is 0 Å². The minimum absolute atomic E-state index is 0.0663. The molecule has 1 N–H and O–H groups in total. The molecule has 0 saturated carbocycles. The third-order valence-electron chi connectivity index (χ3n) is 3.84. The number of benzene rings is 1. The molecule has 0 spiro atoms. The first-order chi connectivity index (χ1) is 10.9. The van der Waals surface area contributed by atoms with Crippen LogP contribution in [-0.4, -0.2) is 47.4 Å². The van der Waals surface area contributed by atoms with Crippen molar-refractivity contribution in [3.63, 3.8) is 0 Å². The van der Waals surface area contributed by atoms with E-state index in [9.17, 15) is 18.0 Å². The van der Waals surface area contributed by atoms with Gasteiger partial charge in [-0.25, -0.2) is 13.1 Å². The summed E-state index contributed by atoms with van der Waals surface area (Å²) < 4.78 is 23.7. The minimum atomic E-state index is -2.96. The van der Waals surface area contributed by atoms with Gasteiger partial charge in [0.25, 0.3) is 5.56 Å². The molecule has 1 atom stereocenters. The highest BCUT2D eigenvalue weighted by molar-refractivity contribution is 7.91. The molecule has 1 amide bonds. The first kappa shape index (κ1) is 15.6. The van der Waals surface area contributed by atoms with Crippen LogP contribution in [0.25, 0.3) is 10.9 Å². The molecule has 1 fully saturated rings. The van der Waals surface area contributed by atoms with Crippen LogP contribution in [-0.2, 0) is 21.2 Å². The van der Waals surface area contributed by atoms with E-state index in [1.165, 1.54) is 0 Å². The van der Waals surface area contributed by atoms with Crippen molar-refractivity contribution in [3.05, 3.63) is 34.6 Å². The second-order valence-electron chi connectivity index (χ2n) is 5.64. The Bertz CT molecular complexity index is 906. The Kier molecular flexibility index (Phi) is 4.12. The largest absolute Gasteiger partial charge is 0.354 e. The standard InChI is InChI=1S/C14H16N4O4S/c19-13(15-7-10-5-6-23(21,22)9-10)8-18-14(20)11-3-1-2-4-12(11)16-17-18/h1-4,10H,5-9H2,(H,15,19)/t10-/m0/s1. The molecule has 1 saturated heterocycles. The molecular formula is C14H16N4O4S. The number of amides is 1. The van der Waals surface area contributed by atoms with Crippen LogP contribution in [0, 0.1) is 5.92 Å². The highest BCUT2D eigenvalue weighted by Crippen LogP contribution is 2.17. The highest BCUT2D eigenvalue weighted by Gasteiger charge is 2.27. The fourth-order valence-electron chi connectivity index (χ4n) is 2.61. The third-order valence-corrected chi connectivity index (χ3v) is 5.67. The zero-order valence-corrected chi connectivity index (χ0v) is 13.1. The molecule has 1 aliphatic rings. The van der Waals surface area contributed by atoms with E-state index in [1.807, 2.05) is 0 Å². The average Bonchev–Trinajstić information content (AvgIpc) is 2.88. The maximum absolute atomic E-state index is 12.2. The molecule has 8 nitrogen and oxygen atoms in total. The maximum Gasteiger partial charge on any atom is 0.278 e. The second kappa shape index (κ2) is 6.07. The van der Waals surface area contributed by atoms with Gasteiger partial charge in [-0.05, 0) is 24.5 Å². The van der Waals surface area contributed by atoms with Crippen molar-refractivity contribution in [1.82, 2.24) is 20.3 Å². The third kappa shape index (κ3) is 3.55. The number of carbonyl (C=O) groups is 1. The van der Waals surface area contributed by atoms with Crippen LogP contribution in [0.3, 0.4) is 0 Å². The number of fused-ring (bicyclic) bond motifs is 1. The second-order valence-corrected chi connectivity index (χ2v) is 7.87. The number of hydrogen-bond donors (Lipinski definition) is 1. The van der Waals surface area contributed by atoms with Crippen LogP contribution < -0.4 is 10.9 Å². The molecule has 0 bridgehead atoms. The van der Waals surface area contributed by atoms with Gasteiger partial charge in [-0.2, -0.15) is 0 Å². The zero-order valence-electron chi connectivity index (χ0n) is 12.3. The van der Waals surface area contributed by atoms with Gasteiger partial charge in [0, 0.05) is 6.54 Å². The number of rotatable bonds is 4. The Morgan fingerprint density at radius 1 is 1.35 bits per heavy atom. The fourth-order valence-corrected chi connectivity index (χ4v) is 4.47. The van der Waals surface area contributed by atoms with Gasteiger partial charge in [0.05, 0.1) is 16.9 Å². The molecular weight excluding hydrogens is 320 g/mol. The minimum Gasteiger partial charge on any atom is -0.354 e. The number of sulfone groups is 1. The summed E-state index contributed by atoms with van der Waals surface area (Å²) in [4.78, 5) is 24.1. The first-order valence-electron chi connectivity index (χ1n) is 7.24. The molecule has 23 heavy (non-hydrogen) atoms. The summed E-state index contributed by atoms with van der Waals surface area (Å²) in [5.41, 5.74) is 0.0968. The molecule has 2 heterocycles. The molecule has 1 aliphatic heterocycles. The monoisotopic (exact) mass is 336 g/mol. The van der Waals surface area contributed by atoms with Crippen molar-refractivity contribution in [2.45, 2.75) is 13.0 Å². The molecule has 3 rings (SSSR count). The Labute approximate surface area is 132 Å². The Morgan fingerprint density at radius 2 is 2.13 bits per heavy atom. The summed E-state index contributed by atoms with van der Waals surface area (Å²) in [6, 6.07) is 6.78. The van der Waals surface area contributed by atoms with Gasteiger partial charge < -0.3 is 5.32 Å². The summed E-state index contributed by atoms with van der Waals surface area (Å²) in [7, 11) is -2.96. The van der Waals surface area contributed by atoms with Crippen molar-refractivity contribution in [2.75, 3.05) is 18.1 Å². The predicted molar refractivity (Wildman–Crippen MR) is 83.6 cm³/mol. The highest BCUT2D eigenvalue weighted by atomic mass is 32.2. The number of nitrogens with one attached hydrogen (secondary N) is 1. The molecule has 2 aromatic rings. The van der Waals surface area contributed by atoms with Crippen molar-refractivity contribution in [2.24, 2.45) is 5.92 Å². The summed E-state index contributed by atoms with van der Waals surface area (Å²) in [5, 5.41) is 10.7. The number of hydrogen-bond acceptors (Lipinski definition) is 6. The van der Waals surface area contributed by atoms with E-state index in [4.69, 9.17) is 0 Å². The molecule has 122 valence electrons. The Morgan fingerprint density at radius 3 is 2.87 bits per heavy atom. The van der Waals surface area contributed by atoms with Crippen LogP contribution in [0.5, 0.6) is 0 Å². The van der Waals surface area contributed by atoms with Gasteiger partial charge in [-0.15, -0.1) is 5.10 Å². The van der Waals surface area contributed by atoms with Crippen molar-refractivity contribution < 1.29 is 13.2 Å². The van der Waals surface area contributed by atoms with Crippen molar-refractivity contribution >= 4 is 26.6 Å². The fraction of sp³-hybridized carbons (Fsp3) is 0.429. The van der Waals surface area contributed by atoms with Gasteiger partial charge in [0.2, 0.25) is 5.91 Å². The van der Waals surface area contributed by atoms with E-state index in [-0.39, 0.29) is 42.0 Å². The van der Waals surface area contributed by atoms with E-state index in [0.29, 0.717) is 17.3 Å². The van der Waals surface area contributed by atoms with Gasteiger partial charge in [0.15, 0.2) is 9.84 Å². The van der Waals surface area contributed by atoms with Gasteiger partial charge in [-0.3, -0.25) is 9.59 Å². The average molecular weight is 336 g/mol. The van der Waals surface area contributed by atoms with E-state index >= 15 is 0 Å². The summed E-state index contributed by atoms with van der Waals surface area (Å²) in [6.45, 7) is 0.0456. The molecule has 0 radical (unpaired) electrons. The Hall–Kier alpha value is -2.29. The lowest BCUT2D eigenvalue weighted by Crippen LogP contribution is -2.36. The molecule has 0 unspecified atom stereocenters. The van der Waals surface area contributed by atoms with E-state index in [0.717, 1.165) is 4.68 Å². The lowest BCUT2D eigenvalue weighted by Gasteiger charge is -2.10. The first-order valence-corrected chi connectivity index (χ1v) is 9.06. The van der Waals surface area contributed by atoms with Gasteiger partial charge in [-0.1, -0.05) is 17.3 Å². The topological polar surface area (TPSA) is 111 Å². The van der Waals surface area contributed by atoms with E-state index < -0.39 is 9.84 Å². The van der Waals surface area contributed by atoms with Crippen LogP contribution in [0.4, 0.5) is 0 Å². The molecule has 0 aliphatic carbocycles. The van der Waals surface area contributed by atoms with Crippen LogP contribution in [0.2, 0.25) is 0 Å². The maximum atomic E-state index is 12.2. The quantitative estimate of drug-likeness (QED) is 0.794. The van der Waals surface area contributed by atoms with E-state index in [1.54, 1.807) is 24.3 Å². The zero-order chi connectivity index (χ0) is 16.4. The lowest BCUT2D eigenvalue weighted by atomic mass is 10.1. The summed E-state index contributed by atoms with van der Waals surface area (Å²) >= 11 is 0. The van der Waals surface area contributed by atoms with E-state index in [2.05, 4.69) is 15.6 Å². The molecule has 9 heteroatoms. The van der Waals surface area contributed by atoms with Crippen LogP contribution in [0.1, 0.15) is 6.42 Å². The predicted octanol–water partition coefficient (Wildman–Crippen LogP) is -0.658. The SMILES string of the molecule is O=C(Cn1nnc2ccccc2c1=O)NC[C@@H]1CCS(=O)(=O)C1. The normalized spacial score (nSPS) is 19.7. The summed E-state index contributed by atoms with van der Waals surface area (Å²) in [6.07, 6.45) is 0.554. The smallest absolute Gasteiger partial charge is 0.278 e. The van der Waals surface area contributed by atoms with Crippen molar-refractivity contribution in [3.8, 4) is 0 Å².